The largest absolute Gasteiger partial charge is 0.482 e. The third kappa shape index (κ3) is 5.73. The Morgan fingerprint density at radius 2 is 2.00 bits per heavy atom. The van der Waals surface area contributed by atoms with Crippen molar-refractivity contribution in [3.8, 4) is 5.75 Å². The normalized spacial score (nSPS) is 20.4. The van der Waals surface area contributed by atoms with E-state index in [1.165, 1.54) is 37.5 Å². The molecule has 0 aromatic heterocycles. The highest BCUT2D eigenvalue weighted by Gasteiger charge is 2.24. The van der Waals surface area contributed by atoms with Crippen LogP contribution < -0.4 is 10.1 Å². The van der Waals surface area contributed by atoms with E-state index in [0.717, 1.165) is 11.4 Å². The van der Waals surface area contributed by atoms with Crippen molar-refractivity contribution >= 4 is 17.6 Å². The molecule has 150 valence electrons. The Bertz CT molecular complexity index is 778. The maximum Gasteiger partial charge on any atom is 0.343 e. The van der Waals surface area contributed by atoms with Gasteiger partial charge in [-0.2, -0.15) is 0 Å². The summed E-state index contributed by atoms with van der Waals surface area (Å²) in [5.74, 6) is 0.848. The number of carbonyl (C=O) groups is 1. The molecular formula is C23H28ClNO3. The van der Waals surface area contributed by atoms with Gasteiger partial charge in [-0.3, -0.25) is 0 Å². The minimum Gasteiger partial charge on any atom is -0.482 e. The number of hydrogen-bond acceptors (Lipinski definition) is 4. The maximum absolute atomic E-state index is 11.2. The van der Waals surface area contributed by atoms with Crippen LogP contribution in [-0.2, 0) is 9.53 Å². The van der Waals surface area contributed by atoms with Crippen LogP contribution in [0.1, 0.15) is 55.7 Å². The minimum absolute atomic E-state index is 0.0628. The van der Waals surface area contributed by atoms with E-state index in [4.69, 9.17) is 16.3 Å². The van der Waals surface area contributed by atoms with Crippen LogP contribution in [0.4, 0.5) is 0 Å². The number of nitrogens with one attached hydrogen (secondary N) is 1. The van der Waals surface area contributed by atoms with Crippen molar-refractivity contribution in [2.24, 2.45) is 0 Å². The van der Waals surface area contributed by atoms with Crippen molar-refractivity contribution in [1.29, 1.82) is 0 Å². The molecule has 3 rings (SSSR count). The molecule has 3 atom stereocenters. The Hall–Kier alpha value is -2.04. The van der Waals surface area contributed by atoms with Crippen LogP contribution in [0.2, 0.25) is 5.02 Å². The number of esters is 1. The van der Waals surface area contributed by atoms with Gasteiger partial charge in [0.15, 0.2) is 6.61 Å². The van der Waals surface area contributed by atoms with Gasteiger partial charge in [0.1, 0.15) is 5.75 Å². The number of rotatable bonds is 7. The van der Waals surface area contributed by atoms with Crippen LogP contribution in [0, 0.1) is 0 Å². The lowest BCUT2D eigenvalue weighted by Crippen LogP contribution is -2.35. The van der Waals surface area contributed by atoms with Crippen molar-refractivity contribution in [2.75, 3.05) is 13.7 Å². The molecule has 5 heteroatoms. The predicted molar refractivity (Wildman–Crippen MR) is 112 cm³/mol. The summed E-state index contributed by atoms with van der Waals surface area (Å²) in [6.07, 6.45) is 4.73. The average molecular weight is 402 g/mol. The molecule has 1 aliphatic carbocycles. The standard InChI is InChI=1S/C23H28ClNO3/c1-16(18-5-3-7-20(24)13-18)25-21-8-4-6-19(14-21)17-9-11-22(12-10-17)28-15-23(26)27-2/h3,5,7,9-13,16,19,21,25H,4,6,8,14-15H2,1-2H3/t16-,19-,21?/m1/s1. The summed E-state index contributed by atoms with van der Waals surface area (Å²) in [6.45, 7) is 2.13. The maximum atomic E-state index is 11.2. The second-order valence-electron chi connectivity index (χ2n) is 7.44. The van der Waals surface area contributed by atoms with Gasteiger partial charge in [0.05, 0.1) is 7.11 Å². The molecule has 0 bridgehead atoms. The second kappa shape index (κ2) is 9.94. The quantitative estimate of drug-likeness (QED) is 0.642. The summed E-state index contributed by atoms with van der Waals surface area (Å²) in [5.41, 5.74) is 2.55. The topological polar surface area (TPSA) is 47.6 Å². The molecule has 0 aliphatic heterocycles. The first-order valence-corrected chi connectivity index (χ1v) is 10.2. The first-order valence-electron chi connectivity index (χ1n) is 9.86. The minimum atomic E-state index is -0.376. The van der Waals surface area contributed by atoms with Gasteiger partial charge in [-0.05, 0) is 67.5 Å². The Morgan fingerprint density at radius 1 is 1.21 bits per heavy atom. The molecule has 4 nitrogen and oxygen atoms in total. The average Bonchev–Trinajstić information content (AvgIpc) is 2.72. The first kappa shape index (κ1) is 20.7. The highest BCUT2D eigenvalue weighted by molar-refractivity contribution is 6.30. The van der Waals surface area contributed by atoms with E-state index in [2.05, 4.69) is 35.2 Å². The molecule has 1 fully saturated rings. The Balaban J connectivity index is 1.56. The zero-order valence-electron chi connectivity index (χ0n) is 16.5. The number of halogens is 1. The van der Waals surface area contributed by atoms with Crippen LogP contribution in [0.25, 0.3) is 0 Å². The van der Waals surface area contributed by atoms with Gasteiger partial charge >= 0.3 is 5.97 Å². The third-order valence-corrected chi connectivity index (χ3v) is 5.68. The number of ether oxygens (including phenoxy) is 2. The fourth-order valence-electron chi connectivity index (χ4n) is 3.91. The summed E-state index contributed by atoms with van der Waals surface area (Å²) in [4.78, 5) is 11.2. The van der Waals surface area contributed by atoms with E-state index in [9.17, 15) is 4.79 Å². The summed E-state index contributed by atoms with van der Waals surface area (Å²) in [7, 11) is 1.36. The summed E-state index contributed by atoms with van der Waals surface area (Å²) < 4.78 is 10.0. The number of benzene rings is 2. The van der Waals surface area contributed by atoms with Gasteiger partial charge < -0.3 is 14.8 Å². The van der Waals surface area contributed by atoms with Gasteiger partial charge in [-0.25, -0.2) is 4.79 Å². The van der Waals surface area contributed by atoms with E-state index >= 15 is 0 Å². The van der Waals surface area contributed by atoms with Gasteiger partial charge in [-0.15, -0.1) is 0 Å². The molecule has 1 N–H and O–H groups in total. The van der Waals surface area contributed by atoms with Gasteiger partial charge in [0, 0.05) is 17.1 Å². The van der Waals surface area contributed by atoms with E-state index in [-0.39, 0.29) is 18.6 Å². The highest BCUT2D eigenvalue weighted by Crippen LogP contribution is 2.34. The van der Waals surface area contributed by atoms with Gasteiger partial charge in [-0.1, -0.05) is 42.3 Å². The molecule has 2 aromatic carbocycles. The molecule has 0 radical (unpaired) electrons. The molecule has 1 aliphatic rings. The van der Waals surface area contributed by atoms with Crippen LogP contribution in [0.3, 0.4) is 0 Å². The van der Waals surface area contributed by atoms with E-state index in [1.54, 1.807) is 0 Å². The smallest absolute Gasteiger partial charge is 0.343 e. The van der Waals surface area contributed by atoms with Crippen LogP contribution in [0.15, 0.2) is 48.5 Å². The lowest BCUT2D eigenvalue weighted by Gasteiger charge is -2.32. The van der Waals surface area contributed by atoms with Crippen LogP contribution >= 0.6 is 11.6 Å². The monoisotopic (exact) mass is 401 g/mol. The molecule has 0 heterocycles. The molecule has 0 spiro atoms. The number of carbonyl (C=O) groups excluding carboxylic acids is 1. The summed E-state index contributed by atoms with van der Waals surface area (Å²) in [6, 6.07) is 16.9. The Kier molecular flexibility index (Phi) is 7.35. The summed E-state index contributed by atoms with van der Waals surface area (Å²) >= 11 is 6.13. The van der Waals surface area contributed by atoms with E-state index in [0.29, 0.717) is 17.7 Å². The fraction of sp³-hybridized carbons (Fsp3) is 0.435. The Morgan fingerprint density at radius 3 is 2.71 bits per heavy atom. The van der Waals surface area contributed by atoms with Gasteiger partial charge in [0.25, 0.3) is 0 Å². The first-order chi connectivity index (χ1) is 13.5. The third-order valence-electron chi connectivity index (χ3n) is 5.44. The van der Waals surface area contributed by atoms with Crippen LogP contribution in [0.5, 0.6) is 5.75 Å². The van der Waals surface area contributed by atoms with Crippen molar-refractivity contribution in [3.63, 3.8) is 0 Å². The fourth-order valence-corrected chi connectivity index (χ4v) is 4.11. The number of hydrogen-bond donors (Lipinski definition) is 1. The lowest BCUT2D eigenvalue weighted by molar-refractivity contribution is -0.142. The zero-order valence-corrected chi connectivity index (χ0v) is 17.2. The van der Waals surface area contributed by atoms with Crippen molar-refractivity contribution in [2.45, 2.75) is 50.6 Å². The molecule has 1 unspecified atom stereocenters. The van der Waals surface area contributed by atoms with Gasteiger partial charge in [0.2, 0.25) is 0 Å². The molecule has 0 saturated heterocycles. The molecule has 2 aromatic rings. The lowest BCUT2D eigenvalue weighted by atomic mass is 9.81. The van der Waals surface area contributed by atoms with E-state index < -0.39 is 0 Å². The predicted octanol–water partition coefficient (Wildman–Crippen LogP) is 5.27. The van der Waals surface area contributed by atoms with Crippen molar-refractivity contribution in [1.82, 2.24) is 5.32 Å². The SMILES string of the molecule is COC(=O)COc1ccc([C@@H]2CCCC(N[C@H](C)c3cccc(Cl)c3)C2)cc1. The van der Waals surface area contributed by atoms with Crippen LogP contribution in [-0.4, -0.2) is 25.7 Å². The number of methoxy groups -OCH3 is 1. The second-order valence-corrected chi connectivity index (χ2v) is 7.87. The molecule has 1 saturated carbocycles. The Labute approximate surface area is 172 Å². The van der Waals surface area contributed by atoms with Crippen molar-refractivity contribution in [3.05, 3.63) is 64.7 Å². The summed E-state index contributed by atoms with van der Waals surface area (Å²) in [5, 5.41) is 4.56. The highest BCUT2D eigenvalue weighted by atomic mass is 35.5. The zero-order chi connectivity index (χ0) is 19.9. The molecule has 0 amide bonds. The molecule has 28 heavy (non-hydrogen) atoms. The van der Waals surface area contributed by atoms with Crippen molar-refractivity contribution < 1.29 is 14.3 Å². The molecular weight excluding hydrogens is 374 g/mol. The van der Waals surface area contributed by atoms with E-state index in [1.807, 2.05) is 30.3 Å².